The van der Waals surface area contributed by atoms with E-state index in [2.05, 4.69) is 6.92 Å². The molecule has 21 heavy (non-hydrogen) atoms. The number of halogens is 2. The van der Waals surface area contributed by atoms with Crippen molar-refractivity contribution in [2.75, 3.05) is 0 Å². The summed E-state index contributed by atoms with van der Waals surface area (Å²) in [4.78, 5) is 0. The number of hydrogen-bond donors (Lipinski definition) is 1. The third kappa shape index (κ3) is 3.39. The molecule has 0 aliphatic rings. The Bertz CT molecular complexity index is 605. The van der Waals surface area contributed by atoms with Gasteiger partial charge in [0.15, 0.2) is 17.4 Å². The molecule has 2 nitrogen and oxygen atoms in total. The van der Waals surface area contributed by atoms with Crippen LogP contribution >= 0.6 is 0 Å². The van der Waals surface area contributed by atoms with Gasteiger partial charge in [-0.2, -0.15) is 0 Å². The molecule has 0 spiro atoms. The van der Waals surface area contributed by atoms with Crippen molar-refractivity contribution >= 4 is 0 Å². The van der Waals surface area contributed by atoms with E-state index in [0.717, 1.165) is 12.0 Å². The first kappa shape index (κ1) is 15.4. The van der Waals surface area contributed by atoms with Crippen LogP contribution in [0.25, 0.3) is 0 Å². The number of rotatable bonds is 5. The van der Waals surface area contributed by atoms with Gasteiger partial charge in [-0.05, 0) is 41.7 Å². The minimum atomic E-state index is -0.741. The predicted octanol–water partition coefficient (Wildman–Crippen LogP) is 4.73. The van der Waals surface area contributed by atoms with Crippen molar-refractivity contribution in [2.45, 2.75) is 32.7 Å². The van der Waals surface area contributed by atoms with Crippen molar-refractivity contribution in [3.63, 3.8) is 0 Å². The highest BCUT2D eigenvalue weighted by atomic mass is 19.1. The molecule has 0 aromatic heterocycles. The second-order valence-electron chi connectivity index (χ2n) is 5.04. The fourth-order valence-electron chi connectivity index (χ4n) is 2.14. The van der Waals surface area contributed by atoms with Gasteiger partial charge in [0, 0.05) is 6.54 Å². The zero-order valence-electron chi connectivity index (χ0n) is 12.2. The molecule has 2 aromatic carbocycles. The summed E-state index contributed by atoms with van der Waals surface area (Å²) in [6.45, 7) is 4.18. The summed E-state index contributed by atoms with van der Waals surface area (Å²) in [5.74, 6) is -1.15. The van der Waals surface area contributed by atoms with Crippen LogP contribution in [0.5, 0.6) is 11.5 Å². The van der Waals surface area contributed by atoms with E-state index in [0.29, 0.717) is 11.3 Å². The molecule has 0 amide bonds. The summed E-state index contributed by atoms with van der Waals surface area (Å²) >= 11 is 0. The van der Waals surface area contributed by atoms with Gasteiger partial charge in [-0.3, -0.25) is 0 Å². The minimum Gasteiger partial charge on any atom is -0.451 e. The lowest BCUT2D eigenvalue weighted by Gasteiger charge is -2.16. The van der Waals surface area contributed by atoms with Crippen molar-refractivity contribution in [2.24, 2.45) is 5.73 Å². The Balaban J connectivity index is 2.39. The van der Waals surface area contributed by atoms with E-state index in [-0.39, 0.29) is 18.2 Å². The molecule has 2 rings (SSSR count). The zero-order chi connectivity index (χ0) is 15.4. The molecule has 0 aliphatic carbocycles. The zero-order valence-corrected chi connectivity index (χ0v) is 12.2. The van der Waals surface area contributed by atoms with E-state index >= 15 is 0 Å². The van der Waals surface area contributed by atoms with Crippen LogP contribution in [0, 0.1) is 11.6 Å². The first-order valence-corrected chi connectivity index (χ1v) is 7.01. The van der Waals surface area contributed by atoms with Gasteiger partial charge in [0.05, 0.1) is 0 Å². The van der Waals surface area contributed by atoms with Crippen LogP contribution in [0.15, 0.2) is 36.4 Å². The van der Waals surface area contributed by atoms with E-state index in [1.807, 2.05) is 19.1 Å². The minimum absolute atomic E-state index is 0.0809. The lowest BCUT2D eigenvalue weighted by molar-refractivity contribution is 0.400. The van der Waals surface area contributed by atoms with Crippen LogP contribution in [0.3, 0.4) is 0 Å². The molecule has 112 valence electrons. The highest BCUT2D eigenvalue weighted by Gasteiger charge is 2.16. The lowest BCUT2D eigenvalue weighted by atomic mass is 9.98. The summed E-state index contributed by atoms with van der Waals surface area (Å²) in [6.07, 6.45) is 0.914. The molecule has 2 aromatic rings. The largest absolute Gasteiger partial charge is 0.451 e. The number of ether oxygens (including phenoxy) is 1. The Morgan fingerprint density at radius 2 is 1.76 bits per heavy atom. The van der Waals surface area contributed by atoms with Gasteiger partial charge in [0.25, 0.3) is 0 Å². The third-order valence-electron chi connectivity index (χ3n) is 3.57. The molecule has 0 bridgehead atoms. The number of para-hydroxylation sites is 1. The number of nitrogens with two attached hydrogens (primary N) is 1. The van der Waals surface area contributed by atoms with E-state index in [4.69, 9.17) is 10.5 Å². The van der Waals surface area contributed by atoms with Crippen molar-refractivity contribution in [3.05, 3.63) is 59.2 Å². The normalized spacial score (nSPS) is 12.2. The first-order chi connectivity index (χ1) is 10.1. The molecule has 0 saturated carbocycles. The van der Waals surface area contributed by atoms with E-state index in [1.165, 1.54) is 12.1 Å². The number of hydrogen-bond acceptors (Lipinski definition) is 2. The smallest absolute Gasteiger partial charge is 0.198 e. The number of benzene rings is 2. The summed E-state index contributed by atoms with van der Waals surface area (Å²) in [6, 6.07) is 9.70. The third-order valence-corrected chi connectivity index (χ3v) is 3.57. The van der Waals surface area contributed by atoms with Gasteiger partial charge >= 0.3 is 0 Å². The van der Waals surface area contributed by atoms with Gasteiger partial charge in [0.1, 0.15) is 5.75 Å². The molecular formula is C17H19F2NO. The Labute approximate surface area is 123 Å². The van der Waals surface area contributed by atoms with Gasteiger partial charge in [-0.25, -0.2) is 8.78 Å². The second kappa shape index (κ2) is 6.68. The van der Waals surface area contributed by atoms with E-state index in [1.54, 1.807) is 12.1 Å². The Hall–Kier alpha value is -1.94. The predicted molar refractivity (Wildman–Crippen MR) is 79.5 cm³/mol. The molecule has 1 unspecified atom stereocenters. The quantitative estimate of drug-likeness (QED) is 0.864. The summed E-state index contributed by atoms with van der Waals surface area (Å²) in [7, 11) is 0. The van der Waals surface area contributed by atoms with Gasteiger partial charge < -0.3 is 10.5 Å². The highest BCUT2D eigenvalue weighted by molar-refractivity contribution is 5.41. The Kier molecular flexibility index (Phi) is 4.91. The summed E-state index contributed by atoms with van der Waals surface area (Å²) in [5, 5.41) is 0. The molecule has 0 saturated heterocycles. The maximum Gasteiger partial charge on any atom is 0.198 e. The molecule has 0 aliphatic heterocycles. The van der Waals surface area contributed by atoms with E-state index < -0.39 is 11.6 Å². The van der Waals surface area contributed by atoms with Crippen LogP contribution < -0.4 is 10.5 Å². The molecular weight excluding hydrogens is 272 g/mol. The van der Waals surface area contributed by atoms with Crippen LogP contribution in [0.4, 0.5) is 8.78 Å². The van der Waals surface area contributed by atoms with Crippen LogP contribution in [-0.2, 0) is 6.54 Å². The van der Waals surface area contributed by atoms with Crippen LogP contribution in [0.1, 0.15) is 37.3 Å². The molecule has 1 atom stereocenters. The van der Waals surface area contributed by atoms with Gasteiger partial charge in [0.2, 0.25) is 0 Å². The summed E-state index contributed by atoms with van der Waals surface area (Å²) < 4.78 is 33.5. The van der Waals surface area contributed by atoms with Gasteiger partial charge in [-0.1, -0.05) is 32.0 Å². The van der Waals surface area contributed by atoms with Crippen LogP contribution in [0.2, 0.25) is 0 Å². The molecule has 0 heterocycles. The average Bonchev–Trinajstić information content (AvgIpc) is 2.50. The fraction of sp³-hybridized carbons (Fsp3) is 0.294. The first-order valence-electron chi connectivity index (χ1n) is 7.01. The van der Waals surface area contributed by atoms with Gasteiger partial charge in [-0.15, -0.1) is 0 Å². The maximum absolute atomic E-state index is 14.0. The molecule has 4 heteroatoms. The van der Waals surface area contributed by atoms with Crippen molar-refractivity contribution in [1.29, 1.82) is 0 Å². The standard InChI is InChI=1S/C17H19F2NO/c1-3-11(2)13-6-4-5-7-16(13)21-17-14(18)8-12(10-20)9-15(17)19/h4-9,11H,3,10,20H2,1-2H3. The maximum atomic E-state index is 14.0. The highest BCUT2D eigenvalue weighted by Crippen LogP contribution is 2.34. The Morgan fingerprint density at radius 1 is 1.14 bits per heavy atom. The molecule has 0 fully saturated rings. The Morgan fingerprint density at radius 3 is 2.33 bits per heavy atom. The lowest BCUT2D eigenvalue weighted by Crippen LogP contribution is -2.02. The second-order valence-corrected chi connectivity index (χ2v) is 5.04. The topological polar surface area (TPSA) is 35.2 Å². The molecule has 2 N–H and O–H groups in total. The van der Waals surface area contributed by atoms with Crippen LogP contribution in [-0.4, -0.2) is 0 Å². The SMILES string of the molecule is CCC(C)c1ccccc1Oc1c(F)cc(CN)cc1F. The van der Waals surface area contributed by atoms with Crippen molar-refractivity contribution in [3.8, 4) is 11.5 Å². The van der Waals surface area contributed by atoms with E-state index in [9.17, 15) is 8.78 Å². The summed E-state index contributed by atoms with van der Waals surface area (Å²) in [5.41, 5.74) is 6.73. The molecule has 0 radical (unpaired) electrons. The monoisotopic (exact) mass is 291 g/mol. The fourth-order valence-corrected chi connectivity index (χ4v) is 2.14. The van der Waals surface area contributed by atoms with Crippen molar-refractivity contribution < 1.29 is 13.5 Å². The average molecular weight is 291 g/mol. The van der Waals surface area contributed by atoms with Crippen molar-refractivity contribution in [1.82, 2.24) is 0 Å².